The third kappa shape index (κ3) is 3.53. The molecule has 0 saturated carbocycles. The van der Waals surface area contributed by atoms with Crippen LogP contribution in [0, 0.1) is 6.92 Å². The molecule has 1 heterocycles. The minimum absolute atomic E-state index is 0.0157. The van der Waals surface area contributed by atoms with Gasteiger partial charge in [0.1, 0.15) is 0 Å². The molecule has 0 radical (unpaired) electrons. The molecule has 0 unspecified atom stereocenters. The number of anilines is 1. The Bertz CT molecular complexity index is 722. The highest BCUT2D eigenvalue weighted by Crippen LogP contribution is 2.21. The lowest BCUT2D eigenvalue weighted by atomic mass is 10.0. The van der Waals surface area contributed by atoms with Crippen molar-refractivity contribution < 1.29 is 4.79 Å². The molecule has 21 heavy (non-hydrogen) atoms. The molecule has 1 aromatic carbocycles. The standard InChI is InChI=1S/C16H19BrN2O2/c1-3-12-10(2)13-7-6-11(9-14(13)19-16(12)21)18-15(20)5-4-8-17/h6-7,9H,3-5,8H2,1-2H3,(H,18,20)(H,19,21). The Labute approximate surface area is 132 Å². The summed E-state index contributed by atoms with van der Waals surface area (Å²) in [4.78, 5) is 26.6. The van der Waals surface area contributed by atoms with Crippen LogP contribution in [0.1, 0.15) is 30.9 Å². The predicted molar refractivity (Wildman–Crippen MR) is 90.3 cm³/mol. The van der Waals surface area contributed by atoms with E-state index in [1.165, 1.54) is 0 Å². The Morgan fingerprint density at radius 2 is 2.14 bits per heavy atom. The number of alkyl halides is 1. The van der Waals surface area contributed by atoms with E-state index in [1.54, 1.807) is 0 Å². The molecule has 2 aromatic rings. The lowest BCUT2D eigenvalue weighted by Gasteiger charge is -2.10. The summed E-state index contributed by atoms with van der Waals surface area (Å²) in [6.45, 7) is 3.94. The molecule has 0 aliphatic heterocycles. The molecule has 2 N–H and O–H groups in total. The van der Waals surface area contributed by atoms with Crippen LogP contribution >= 0.6 is 15.9 Å². The van der Waals surface area contributed by atoms with Crippen LogP contribution in [0.25, 0.3) is 10.9 Å². The largest absolute Gasteiger partial charge is 0.326 e. The van der Waals surface area contributed by atoms with Crippen molar-refractivity contribution in [3.8, 4) is 0 Å². The van der Waals surface area contributed by atoms with Crippen molar-refractivity contribution in [1.82, 2.24) is 4.98 Å². The quantitative estimate of drug-likeness (QED) is 0.810. The summed E-state index contributed by atoms with van der Waals surface area (Å²) in [7, 11) is 0. The summed E-state index contributed by atoms with van der Waals surface area (Å²) in [5.41, 5.74) is 3.24. The van der Waals surface area contributed by atoms with Gasteiger partial charge in [-0.2, -0.15) is 0 Å². The highest BCUT2D eigenvalue weighted by atomic mass is 79.9. The number of aryl methyl sites for hydroxylation is 1. The molecule has 0 atom stereocenters. The van der Waals surface area contributed by atoms with Crippen molar-refractivity contribution in [3.63, 3.8) is 0 Å². The highest BCUT2D eigenvalue weighted by Gasteiger charge is 2.09. The smallest absolute Gasteiger partial charge is 0.251 e. The highest BCUT2D eigenvalue weighted by molar-refractivity contribution is 9.09. The first-order valence-corrected chi connectivity index (χ1v) is 8.20. The SMILES string of the molecule is CCc1c(C)c2ccc(NC(=O)CCCBr)cc2[nH]c1=O. The number of hydrogen-bond acceptors (Lipinski definition) is 2. The second-order valence-electron chi connectivity index (χ2n) is 5.01. The molecule has 1 amide bonds. The molecule has 0 aliphatic rings. The molecule has 0 aliphatic carbocycles. The second-order valence-corrected chi connectivity index (χ2v) is 5.81. The van der Waals surface area contributed by atoms with E-state index >= 15 is 0 Å². The van der Waals surface area contributed by atoms with E-state index in [9.17, 15) is 9.59 Å². The molecule has 4 nitrogen and oxygen atoms in total. The van der Waals surface area contributed by atoms with E-state index in [1.807, 2.05) is 32.0 Å². The average Bonchev–Trinajstić information content (AvgIpc) is 2.45. The van der Waals surface area contributed by atoms with Crippen molar-refractivity contribution in [3.05, 3.63) is 39.7 Å². The van der Waals surface area contributed by atoms with Crippen LogP contribution in [0.15, 0.2) is 23.0 Å². The third-order valence-corrected chi connectivity index (χ3v) is 4.13. The second kappa shape index (κ2) is 6.89. The molecule has 112 valence electrons. The van der Waals surface area contributed by atoms with Gasteiger partial charge in [-0.25, -0.2) is 0 Å². The van der Waals surface area contributed by atoms with Gasteiger partial charge in [-0.3, -0.25) is 9.59 Å². The molecule has 2 rings (SSSR count). The van der Waals surface area contributed by atoms with E-state index in [0.717, 1.165) is 33.8 Å². The number of rotatable bonds is 5. The number of nitrogens with one attached hydrogen (secondary N) is 2. The van der Waals surface area contributed by atoms with Crippen molar-refractivity contribution in [2.24, 2.45) is 0 Å². The van der Waals surface area contributed by atoms with Crippen LogP contribution in [0.2, 0.25) is 0 Å². The monoisotopic (exact) mass is 350 g/mol. The Morgan fingerprint density at radius 3 is 2.81 bits per heavy atom. The van der Waals surface area contributed by atoms with Crippen LogP contribution < -0.4 is 10.9 Å². The number of amides is 1. The number of aromatic nitrogens is 1. The molecule has 1 aromatic heterocycles. The molecule has 0 fully saturated rings. The van der Waals surface area contributed by atoms with Gasteiger partial charge in [0.15, 0.2) is 0 Å². The van der Waals surface area contributed by atoms with Crippen LogP contribution in [0.3, 0.4) is 0 Å². The number of H-pyrrole nitrogens is 1. The fourth-order valence-corrected chi connectivity index (χ4v) is 2.74. The number of fused-ring (bicyclic) bond motifs is 1. The Morgan fingerprint density at radius 1 is 1.38 bits per heavy atom. The van der Waals surface area contributed by atoms with Crippen LogP contribution in [0.5, 0.6) is 0 Å². The number of carbonyl (C=O) groups is 1. The summed E-state index contributed by atoms with van der Waals surface area (Å²) in [6, 6.07) is 5.63. The Hall–Kier alpha value is -1.62. The van der Waals surface area contributed by atoms with Gasteiger partial charge in [0.05, 0.1) is 5.52 Å². The van der Waals surface area contributed by atoms with Crippen molar-refractivity contribution >= 4 is 38.4 Å². The van der Waals surface area contributed by atoms with Crippen LogP contribution in [-0.4, -0.2) is 16.2 Å². The average molecular weight is 351 g/mol. The molecule has 0 spiro atoms. The number of aromatic amines is 1. The summed E-state index contributed by atoms with van der Waals surface area (Å²) in [5.74, 6) is -0.0157. The summed E-state index contributed by atoms with van der Waals surface area (Å²) >= 11 is 3.31. The maximum atomic E-state index is 12.0. The number of carbonyl (C=O) groups excluding carboxylic acids is 1. The molecular weight excluding hydrogens is 332 g/mol. The summed E-state index contributed by atoms with van der Waals surface area (Å²) < 4.78 is 0. The van der Waals surface area contributed by atoms with E-state index in [4.69, 9.17) is 0 Å². The van der Waals surface area contributed by atoms with Crippen molar-refractivity contribution in [1.29, 1.82) is 0 Å². The van der Waals surface area contributed by atoms with Crippen LogP contribution in [-0.2, 0) is 11.2 Å². The van der Waals surface area contributed by atoms with Gasteiger partial charge in [0, 0.05) is 28.4 Å². The van der Waals surface area contributed by atoms with Gasteiger partial charge in [-0.1, -0.05) is 28.9 Å². The van der Waals surface area contributed by atoms with E-state index in [0.29, 0.717) is 18.5 Å². The zero-order valence-electron chi connectivity index (χ0n) is 12.3. The van der Waals surface area contributed by atoms with Crippen LogP contribution in [0.4, 0.5) is 5.69 Å². The van der Waals surface area contributed by atoms with Crippen molar-refractivity contribution in [2.75, 3.05) is 10.6 Å². The summed E-state index contributed by atoms with van der Waals surface area (Å²) in [6.07, 6.45) is 1.99. The van der Waals surface area contributed by atoms with Gasteiger partial charge in [0.2, 0.25) is 5.91 Å². The van der Waals surface area contributed by atoms with Gasteiger partial charge in [-0.15, -0.1) is 0 Å². The number of hydrogen-bond donors (Lipinski definition) is 2. The fraction of sp³-hybridized carbons (Fsp3) is 0.375. The lowest BCUT2D eigenvalue weighted by molar-refractivity contribution is -0.116. The summed E-state index contributed by atoms with van der Waals surface area (Å²) in [5, 5.41) is 4.68. The fourth-order valence-electron chi connectivity index (χ4n) is 2.46. The molecule has 0 bridgehead atoms. The minimum Gasteiger partial charge on any atom is -0.326 e. The van der Waals surface area contributed by atoms with E-state index < -0.39 is 0 Å². The number of pyridine rings is 1. The number of benzene rings is 1. The van der Waals surface area contributed by atoms with Gasteiger partial charge >= 0.3 is 0 Å². The zero-order chi connectivity index (χ0) is 15.4. The third-order valence-electron chi connectivity index (χ3n) is 3.57. The van der Waals surface area contributed by atoms with Gasteiger partial charge < -0.3 is 10.3 Å². The number of halogens is 1. The molecular formula is C16H19BrN2O2. The van der Waals surface area contributed by atoms with E-state index in [-0.39, 0.29) is 11.5 Å². The van der Waals surface area contributed by atoms with Gasteiger partial charge in [-0.05, 0) is 37.5 Å². The van der Waals surface area contributed by atoms with Gasteiger partial charge in [0.25, 0.3) is 5.56 Å². The van der Waals surface area contributed by atoms with Crippen molar-refractivity contribution in [2.45, 2.75) is 33.1 Å². The van der Waals surface area contributed by atoms with E-state index in [2.05, 4.69) is 26.2 Å². The first kappa shape index (κ1) is 15.8. The first-order chi connectivity index (χ1) is 10.1. The molecule has 0 saturated heterocycles. The zero-order valence-corrected chi connectivity index (χ0v) is 13.8. The maximum absolute atomic E-state index is 12.0. The first-order valence-electron chi connectivity index (χ1n) is 7.08. The Kier molecular flexibility index (Phi) is 5.17. The molecule has 5 heteroatoms. The topological polar surface area (TPSA) is 62.0 Å². The normalized spacial score (nSPS) is 10.8. The lowest BCUT2D eigenvalue weighted by Crippen LogP contribution is -2.15. The maximum Gasteiger partial charge on any atom is 0.251 e. The predicted octanol–water partition coefficient (Wildman–Crippen LogP) is 3.51. The Balaban J connectivity index is 2.34. The minimum atomic E-state index is -0.0507.